The van der Waals surface area contributed by atoms with Crippen LogP contribution in [0, 0.1) is 5.41 Å². The third-order valence-electron chi connectivity index (χ3n) is 3.06. The van der Waals surface area contributed by atoms with Crippen LogP contribution in [0.1, 0.15) is 20.7 Å². The van der Waals surface area contributed by atoms with Crippen molar-refractivity contribution in [1.29, 1.82) is 0 Å². The molecule has 0 aliphatic rings. The zero-order valence-corrected chi connectivity index (χ0v) is 10.9. The molecule has 0 aliphatic heterocycles. The third-order valence-corrected chi connectivity index (χ3v) is 3.06. The second-order valence-corrected chi connectivity index (χ2v) is 4.34. The summed E-state index contributed by atoms with van der Waals surface area (Å²) < 4.78 is 0. The van der Waals surface area contributed by atoms with Crippen molar-refractivity contribution in [2.75, 3.05) is 0 Å². The van der Waals surface area contributed by atoms with Crippen molar-refractivity contribution in [3.8, 4) is 0 Å². The van der Waals surface area contributed by atoms with Gasteiger partial charge in [0.2, 0.25) is 18.0 Å². The smallest absolute Gasteiger partial charge is 0.230 e. The van der Waals surface area contributed by atoms with Gasteiger partial charge in [-0.3, -0.25) is 19.2 Å². The predicted molar refractivity (Wildman–Crippen MR) is 75.4 cm³/mol. The summed E-state index contributed by atoms with van der Waals surface area (Å²) in [4.78, 5) is 47.3. The second kappa shape index (κ2) is 6.05. The zero-order chi connectivity index (χ0) is 15.3. The van der Waals surface area contributed by atoms with Gasteiger partial charge in [-0.05, 0) is 0 Å². The van der Waals surface area contributed by atoms with Crippen LogP contribution in [0.2, 0.25) is 0 Å². The van der Waals surface area contributed by atoms with Gasteiger partial charge in [-0.25, -0.2) is 0 Å². The first-order valence-corrected chi connectivity index (χ1v) is 6.14. The van der Waals surface area contributed by atoms with Gasteiger partial charge in [-0.15, -0.1) is 0 Å². The highest BCUT2D eigenvalue weighted by Gasteiger charge is 2.48. The average Bonchev–Trinajstić information content (AvgIpc) is 2.57. The van der Waals surface area contributed by atoms with E-state index in [1.165, 1.54) is 36.8 Å². The Balaban J connectivity index is 2.51. The number of hydrogen-bond donors (Lipinski definition) is 0. The Bertz CT molecular complexity index is 613. The van der Waals surface area contributed by atoms with E-state index in [0.717, 1.165) is 0 Å². The average molecular weight is 278 g/mol. The minimum Gasteiger partial charge on any atom is -0.292 e. The Kier molecular flexibility index (Phi) is 4.18. The highest BCUT2D eigenvalue weighted by Crippen LogP contribution is 2.24. The van der Waals surface area contributed by atoms with Crippen molar-refractivity contribution in [3.63, 3.8) is 0 Å². The Morgan fingerprint density at radius 1 is 0.667 bits per heavy atom. The van der Waals surface area contributed by atoms with E-state index in [2.05, 4.69) is 0 Å². The van der Waals surface area contributed by atoms with Gasteiger partial charge in [0, 0.05) is 11.1 Å². The van der Waals surface area contributed by atoms with E-state index < -0.39 is 17.0 Å². The molecule has 4 heteroatoms. The standard InChI is InChI=1S/C17H10O4/c18-11-17(12-19,15(20)13-7-3-1-4-8-13)16(21)14-9-5-2-6-10-14/h1-10H. The maximum absolute atomic E-state index is 12.4. The van der Waals surface area contributed by atoms with E-state index in [1.54, 1.807) is 36.4 Å². The molecule has 0 bridgehead atoms. The number of rotatable bonds is 6. The van der Waals surface area contributed by atoms with Crippen molar-refractivity contribution in [2.45, 2.75) is 0 Å². The molecule has 4 nitrogen and oxygen atoms in total. The zero-order valence-electron chi connectivity index (χ0n) is 10.9. The lowest BCUT2D eigenvalue weighted by Gasteiger charge is -2.17. The molecular formula is C17H10O4. The van der Waals surface area contributed by atoms with Gasteiger partial charge >= 0.3 is 0 Å². The summed E-state index contributed by atoms with van der Waals surface area (Å²) in [5.41, 5.74) is -2.43. The fourth-order valence-corrected chi connectivity index (χ4v) is 1.92. The molecule has 2 radical (unpaired) electrons. The van der Waals surface area contributed by atoms with Gasteiger partial charge in [0.25, 0.3) is 0 Å². The number of Topliss-reactive ketones (excluding diaryl/α,β-unsaturated/α-hetero) is 2. The summed E-state index contributed by atoms with van der Waals surface area (Å²) in [6.45, 7) is 0. The largest absolute Gasteiger partial charge is 0.292 e. The predicted octanol–water partition coefficient (Wildman–Crippen LogP) is 1.96. The summed E-state index contributed by atoms with van der Waals surface area (Å²) in [7, 11) is 0. The number of ketones is 2. The molecular weight excluding hydrogens is 268 g/mol. The van der Waals surface area contributed by atoms with Crippen LogP contribution >= 0.6 is 0 Å². The molecule has 0 aliphatic carbocycles. The lowest BCUT2D eigenvalue weighted by atomic mass is 9.77. The third kappa shape index (κ3) is 2.56. The summed E-state index contributed by atoms with van der Waals surface area (Å²) >= 11 is 0. The number of benzene rings is 2. The highest BCUT2D eigenvalue weighted by atomic mass is 16.2. The van der Waals surface area contributed by atoms with Gasteiger partial charge in [0.1, 0.15) is 0 Å². The SMILES string of the molecule is O=[C]C([C]=O)(C(=O)c1ccccc1)C(=O)c1ccccc1. The summed E-state index contributed by atoms with van der Waals surface area (Å²) in [6.07, 6.45) is 2.58. The van der Waals surface area contributed by atoms with Crippen molar-refractivity contribution < 1.29 is 19.2 Å². The summed E-state index contributed by atoms with van der Waals surface area (Å²) in [5, 5.41) is 0. The molecule has 0 amide bonds. The van der Waals surface area contributed by atoms with E-state index in [9.17, 15) is 19.2 Å². The molecule has 0 atom stereocenters. The molecule has 0 saturated heterocycles. The monoisotopic (exact) mass is 278 g/mol. The van der Waals surface area contributed by atoms with E-state index in [-0.39, 0.29) is 11.1 Å². The molecule has 0 saturated carbocycles. The van der Waals surface area contributed by atoms with Gasteiger partial charge in [0.05, 0.1) is 0 Å². The second-order valence-electron chi connectivity index (χ2n) is 4.34. The minimum atomic E-state index is -2.58. The Hall–Kier alpha value is -2.88. The molecule has 0 unspecified atom stereocenters. The Morgan fingerprint density at radius 2 is 1.00 bits per heavy atom. The molecule has 0 spiro atoms. The highest BCUT2D eigenvalue weighted by molar-refractivity contribution is 6.37. The summed E-state index contributed by atoms with van der Waals surface area (Å²) in [6, 6.07) is 15.3. The number of hydrogen-bond acceptors (Lipinski definition) is 4. The maximum Gasteiger partial charge on any atom is 0.230 e. The van der Waals surface area contributed by atoms with Crippen molar-refractivity contribution in [1.82, 2.24) is 0 Å². The van der Waals surface area contributed by atoms with Crippen molar-refractivity contribution >= 4 is 24.1 Å². The topological polar surface area (TPSA) is 68.3 Å². The molecule has 2 aromatic rings. The van der Waals surface area contributed by atoms with Gasteiger partial charge in [-0.2, -0.15) is 0 Å². The van der Waals surface area contributed by atoms with Crippen LogP contribution in [0.15, 0.2) is 60.7 Å². The van der Waals surface area contributed by atoms with Crippen LogP contribution in [0.5, 0.6) is 0 Å². The number of carbonyl (C=O) groups is 2. The molecule has 0 N–H and O–H groups in total. The quantitative estimate of drug-likeness (QED) is 0.598. The normalized spacial score (nSPS) is 10.7. The molecule has 0 heterocycles. The van der Waals surface area contributed by atoms with Crippen LogP contribution in [0.4, 0.5) is 0 Å². The van der Waals surface area contributed by atoms with E-state index in [4.69, 9.17) is 0 Å². The maximum atomic E-state index is 12.4. The van der Waals surface area contributed by atoms with Crippen LogP contribution in [-0.2, 0) is 9.59 Å². The van der Waals surface area contributed by atoms with E-state index in [1.807, 2.05) is 0 Å². The molecule has 0 aromatic heterocycles. The number of carbonyl (C=O) groups excluding carboxylic acids is 4. The first-order valence-electron chi connectivity index (χ1n) is 6.14. The van der Waals surface area contributed by atoms with E-state index >= 15 is 0 Å². The fraction of sp³-hybridized carbons (Fsp3) is 0.0588. The minimum absolute atomic E-state index is 0.0773. The van der Waals surface area contributed by atoms with Gasteiger partial charge in [-0.1, -0.05) is 60.7 Å². The van der Waals surface area contributed by atoms with E-state index in [0.29, 0.717) is 0 Å². The van der Waals surface area contributed by atoms with Crippen LogP contribution in [-0.4, -0.2) is 24.1 Å². The van der Waals surface area contributed by atoms with Crippen LogP contribution in [0.3, 0.4) is 0 Å². The van der Waals surface area contributed by atoms with Gasteiger partial charge < -0.3 is 0 Å². The Labute approximate surface area is 121 Å². The Morgan fingerprint density at radius 3 is 1.29 bits per heavy atom. The van der Waals surface area contributed by atoms with Gasteiger partial charge in [0.15, 0.2) is 11.6 Å². The molecule has 102 valence electrons. The lowest BCUT2D eigenvalue weighted by molar-refractivity contribution is 0.0807. The van der Waals surface area contributed by atoms with Crippen molar-refractivity contribution in [2.24, 2.45) is 5.41 Å². The lowest BCUT2D eigenvalue weighted by Crippen LogP contribution is -2.42. The molecule has 2 rings (SSSR count). The molecule has 0 fully saturated rings. The van der Waals surface area contributed by atoms with Crippen LogP contribution in [0.25, 0.3) is 0 Å². The van der Waals surface area contributed by atoms with Crippen molar-refractivity contribution in [3.05, 3.63) is 71.8 Å². The molecule has 2 aromatic carbocycles. The first kappa shape index (κ1) is 14.5. The fourth-order valence-electron chi connectivity index (χ4n) is 1.92. The molecule has 21 heavy (non-hydrogen) atoms. The van der Waals surface area contributed by atoms with Crippen LogP contribution < -0.4 is 0 Å². The summed E-state index contributed by atoms with van der Waals surface area (Å²) in [5.74, 6) is -1.86. The first-order chi connectivity index (χ1) is 10.2.